The zero-order valence-electron chi connectivity index (χ0n) is 13.4. The summed E-state index contributed by atoms with van der Waals surface area (Å²) in [6.45, 7) is 2.40. The summed E-state index contributed by atoms with van der Waals surface area (Å²) in [5, 5.41) is 2.81. The average Bonchev–Trinajstić information content (AvgIpc) is 2.56. The monoisotopic (exact) mass is 314 g/mol. The van der Waals surface area contributed by atoms with Gasteiger partial charge in [0.15, 0.2) is 11.5 Å². The average molecular weight is 314 g/mol. The van der Waals surface area contributed by atoms with Gasteiger partial charge in [0.05, 0.1) is 19.8 Å². The van der Waals surface area contributed by atoms with E-state index >= 15 is 0 Å². The SMILES string of the molecule is CCOc1cc(NC(=O)C(N)Cc2ccccc2)ccc1OC. The van der Waals surface area contributed by atoms with Gasteiger partial charge >= 0.3 is 0 Å². The highest BCUT2D eigenvalue weighted by Gasteiger charge is 2.15. The lowest BCUT2D eigenvalue weighted by molar-refractivity contribution is -0.117. The predicted molar refractivity (Wildman–Crippen MR) is 90.9 cm³/mol. The van der Waals surface area contributed by atoms with E-state index in [1.165, 1.54) is 0 Å². The number of hydrogen-bond donors (Lipinski definition) is 2. The number of carbonyl (C=O) groups excluding carboxylic acids is 1. The molecule has 1 atom stereocenters. The van der Waals surface area contributed by atoms with E-state index in [1.54, 1.807) is 25.3 Å². The minimum Gasteiger partial charge on any atom is -0.493 e. The van der Waals surface area contributed by atoms with Gasteiger partial charge in [-0.15, -0.1) is 0 Å². The van der Waals surface area contributed by atoms with Gasteiger partial charge in [-0.05, 0) is 31.0 Å². The molecule has 5 nitrogen and oxygen atoms in total. The lowest BCUT2D eigenvalue weighted by Crippen LogP contribution is -2.37. The van der Waals surface area contributed by atoms with Crippen molar-refractivity contribution in [3.63, 3.8) is 0 Å². The highest BCUT2D eigenvalue weighted by molar-refractivity contribution is 5.95. The van der Waals surface area contributed by atoms with Crippen LogP contribution in [0.2, 0.25) is 0 Å². The maximum atomic E-state index is 12.2. The van der Waals surface area contributed by atoms with E-state index in [-0.39, 0.29) is 5.91 Å². The van der Waals surface area contributed by atoms with E-state index in [1.807, 2.05) is 37.3 Å². The lowest BCUT2D eigenvalue weighted by Gasteiger charge is -2.14. The Balaban J connectivity index is 2.03. The van der Waals surface area contributed by atoms with E-state index in [9.17, 15) is 4.79 Å². The van der Waals surface area contributed by atoms with Crippen LogP contribution >= 0.6 is 0 Å². The number of methoxy groups -OCH3 is 1. The van der Waals surface area contributed by atoms with Crippen LogP contribution < -0.4 is 20.5 Å². The largest absolute Gasteiger partial charge is 0.493 e. The summed E-state index contributed by atoms with van der Waals surface area (Å²) >= 11 is 0. The van der Waals surface area contributed by atoms with Gasteiger partial charge in [-0.1, -0.05) is 30.3 Å². The van der Waals surface area contributed by atoms with Gasteiger partial charge in [0, 0.05) is 11.8 Å². The fourth-order valence-corrected chi connectivity index (χ4v) is 2.22. The van der Waals surface area contributed by atoms with Gasteiger partial charge in [-0.25, -0.2) is 0 Å². The van der Waals surface area contributed by atoms with Crippen molar-refractivity contribution in [1.82, 2.24) is 0 Å². The molecule has 0 bridgehead atoms. The molecule has 2 aromatic carbocycles. The van der Waals surface area contributed by atoms with Crippen molar-refractivity contribution in [2.24, 2.45) is 5.73 Å². The lowest BCUT2D eigenvalue weighted by atomic mass is 10.1. The number of anilines is 1. The van der Waals surface area contributed by atoms with Gasteiger partial charge in [-0.3, -0.25) is 4.79 Å². The molecule has 2 aromatic rings. The van der Waals surface area contributed by atoms with E-state index in [0.717, 1.165) is 5.56 Å². The Morgan fingerprint density at radius 3 is 2.57 bits per heavy atom. The molecule has 5 heteroatoms. The van der Waals surface area contributed by atoms with Crippen LogP contribution in [0.15, 0.2) is 48.5 Å². The van der Waals surface area contributed by atoms with Gasteiger partial charge in [0.25, 0.3) is 0 Å². The molecule has 0 heterocycles. The van der Waals surface area contributed by atoms with Gasteiger partial charge < -0.3 is 20.5 Å². The topological polar surface area (TPSA) is 73.6 Å². The third kappa shape index (κ3) is 4.72. The molecule has 0 aliphatic heterocycles. The Bertz CT molecular complexity index is 644. The van der Waals surface area contributed by atoms with E-state index in [0.29, 0.717) is 30.2 Å². The van der Waals surface area contributed by atoms with Crippen molar-refractivity contribution in [2.45, 2.75) is 19.4 Å². The fourth-order valence-electron chi connectivity index (χ4n) is 2.22. The van der Waals surface area contributed by atoms with Crippen LogP contribution in [0, 0.1) is 0 Å². The summed E-state index contributed by atoms with van der Waals surface area (Å²) < 4.78 is 10.7. The summed E-state index contributed by atoms with van der Waals surface area (Å²) in [4.78, 5) is 12.2. The zero-order chi connectivity index (χ0) is 16.7. The molecule has 0 saturated carbocycles. The molecule has 1 amide bonds. The Labute approximate surface area is 136 Å². The first-order valence-electron chi connectivity index (χ1n) is 7.55. The number of hydrogen-bond acceptors (Lipinski definition) is 4. The van der Waals surface area contributed by atoms with Crippen molar-refractivity contribution >= 4 is 11.6 Å². The molecule has 0 aliphatic carbocycles. The summed E-state index contributed by atoms with van der Waals surface area (Å²) in [7, 11) is 1.58. The molecule has 0 fully saturated rings. The first-order valence-corrected chi connectivity index (χ1v) is 7.55. The fraction of sp³-hybridized carbons (Fsp3) is 0.278. The molecular weight excluding hydrogens is 292 g/mol. The van der Waals surface area contributed by atoms with Gasteiger partial charge in [0.1, 0.15) is 0 Å². The normalized spacial score (nSPS) is 11.6. The quantitative estimate of drug-likeness (QED) is 0.824. The minimum atomic E-state index is -0.616. The van der Waals surface area contributed by atoms with Crippen molar-refractivity contribution in [3.8, 4) is 11.5 Å². The smallest absolute Gasteiger partial charge is 0.241 e. The molecular formula is C18H22N2O3. The van der Waals surface area contributed by atoms with E-state index in [4.69, 9.17) is 15.2 Å². The standard InChI is InChI=1S/C18H22N2O3/c1-3-23-17-12-14(9-10-16(17)22-2)20-18(21)15(19)11-13-7-5-4-6-8-13/h4-10,12,15H,3,11,19H2,1-2H3,(H,20,21). The molecule has 0 spiro atoms. The number of amides is 1. The number of nitrogens with one attached hydrogen (secondary N) is 1. The molecule has 0 aromatic heterocycles. The molecule has 0 saturated heterocycles. The predicted octanol–water partition coefficient (Wildman–Crippen LogP) is 2.60. The van der Waals surface area contributed by atoms with Crippen molar-refractivity contribution < 1.29 is 14.3 Å². The highest BCUT2D eigenvalue weighted by Crippen LogP contribution is 2.30. The molecule has 23 heavy (non-hydrogen) atoms. The molecule has 0 radical (unpaired) electrons. The third-order valence-corrected chi connectivity index (χ3v) is 3.37. The van der Waals surface area contributed by atoms with Crippen LogP contribution in [0.1, 0.15) is 12.5 Å². The first kappa shape index (κ1) is 16.8. The third-order valence-electron chi connectivity index (χ3n) is 3.37. The molecule has 3 N–H and O–H groups in total. The van der Waals surface area contributed by atoms with Crippen LogP contribution in [0.3, 0.4) is 0 Å². The second-order valence-electron chi connectivity index (χ2n) is 5.08. The van der Waals surface area contributed by atoms with Crippen molar-refractivity contribution in [2.75, 3.05) is 19.0 Å². The second kappa shape index (κ2) is 8.19. The van der Waals surface area contributed by atoms with Crippen LogP contribution in [0.25, 0.3) is 0 Å². The number of nitrogens with two attached hydrogens (primary N) is 1. The summed E-state index contributed by atoms with van der Waals surface area (Å²) in [6.07, 6.45) is 0.487. The summed E-state index contributed by atoms with van der Waals surface area (Å²) in [6, 6.07) is 14.3. The van der Waals surface area contributed by atoms with E-state index in [2.05, 4.69) is 5.32 Å². The number of benzene rings is 2. The molecule has 0 aliphatic rings. The van der Waals surface area contributed by atoms with Crippen LogP contribution in [0.4, 0.5) is 5.69 Å². The highest BCUT2D eigenvalue weighted by atomic mass is 16.5. The van der Waals surface area contributed by atoms with Gasteiger partial charge in [-0.2, -0.15) is 0 Å². The van der Waals surface area contributed by atoms with Crippen LogP contribution in [-0.4, -0.2) is 25.7 Å². The summed E-state index contributed by atoms with van der Waals surface area (Å²) in [5.74, 6) is 0.976. The number of rotatable bonds is 7. The molecule has 2 rings (SSSR count). The van der Waals surface area contributed by atoms with Crippen LogP contribution in [0.5, 0.6) is 11.5 Å². The maximum absolute atomic E-state index is 12.2. The van der Waals surface area contributed by atoms with Crippen LogP contribution in [-0.2, 0) is 11.2 Å². The Hall–Kier alpha value is -2.53. The second-order valence-corrected chi connectivity index (χ2v) is 5.08. The molecule has 122 valence electrons. The zero-order valence-corrected chi connectivity index (χ0v) is 13.4. The number of carbonyl (C=O) groups is 1. The first-order chi connectivity index (χ1) is 11.1. The summed E-state index contributed by atoms with van der Waals surface area (Å²) in [5.41, 5.74) is 7.64. The van der Waals surface area contributed by atoms with Crippen molar-refractivity contribution in [3.05, 3.63) is 54.1 Å². The number of ether oxygens (including phenoxy) is 2. The Morgan fingerprint density at radius 2 is 1.91 bits per heavy atom. The maximum Gasteiger partial charge on any atom is 0.241 e. The van der Waals surface area contributed by atoms with Gasteiger partial charge in [0.2, 0.25) is 5.91 Å². The Kier molecular flexibility index (Phi) is 6.00. The van der Waals surface area contributed by atoms with E-state index < -0.39 is 6.04 Å². The van der Waals surface area contributed by atoms with Crippen molar-refractivity contribution in [1.29, 1.82) is 0 Å². The minimum absolute atomic E-state index is 0.235. The Morgan fingerprint density at radius 1 is 1.17 bits per heavy atom. The molecule has 1 unspecified atom stereocenters.